The van der Waals surface area contributed by atoms with E-state index in [0.29, 0.717) is 6.04 Å². The summed E-state index contributed by atoms with van der Waals surface area (Å²) in [5, 5.41) is 14.6. The largest absolute Gasteiger partial charge is 0.295 e. The molecule has 1 aromatic rings. The molecule has 0 bridgehead atoms. The molecule has 0 fully saturated rings. The highest BCUT2D eigenvalue weighted by Gasteiger charge is 2.22. The van der Waals surface area contributed by atoms with Crippen molar-refractivity contribution < 1.29 is 0 Å². The molecule has 0 saturated heterocycles. The molecule has 0 aliphatic heterocycles. The zero-order valence-electron chi connectivity index (χ0n) is 8.99. The molecule has 0 aromatic carbocycles. The minimum Gasteiger partial charge on any atom is -0.295 e. The molecule has 0 amide bonds. The second kappa shape index (κ2) is 4.78. The van der Waals surface area contributed by atoms with Gasteiger partial charge >= 0.3 is 0 Å². The highest BCUT2D eigenvalue weighted by molar-refractivity contribution is 7.10. The molecule has 80 valence electrons. The van der Waals surface area contributed by atoms with Gasteiger partial charge in [0.05, 0.1) is 12.1 Å². The quantitative estimate of drug-likeness (QED) is 0.850. The van der Waals surface area contributed by atoms with Gasteiger partial charge in [0.15, 0.2) is 0 Å². The number of fused-ring (bicyclic) bond motifs is 1. The standard InChI is InChI=1S/C12H16N2S/c1-2-9(8-13)14-11-4-3-5-12-10(11)6-7-15-12/h6-7,9,11,14H,2-5H2,1H3. The van der Waals surface area contributed by atoms with Crippen molar-refractivity contribution in [3.8, 4) is 6.07 Å². The number of aryl methyl sites for hydroxylation is 1. The first-order valence-electron chi connectivity index (χ1n) is 5.57. The summed E-state index contributed by atoms with van der Waals surface area (Å²) in [6.07, 6.45) is 4.51. The molecule has 0 saturated carbocycles. The fourth-order valence-electron chi connectivity index (χ4n) is 2.15. The smallest absolute Gasteiger partial charge is 0.0955 e. The van der Waals surface area contributed by atoms with E-state index in [1.54, 1.807) is 0 Å². The average Bonchev–Trinajstić information content (AvgIpc) is 2.74. The zero-order chi connectivity index (χ0) is 10.7. The number of rotatable bonds is 3. The van der Waals surface area contributed by atoms with Crippen LogP contribution in [-0.2, 0) is 6.42 Å². The maximum absolute atomic E-state index is 8.95. The Balaban J connectivity index is 2.10. The van der Waals surface area contributed by atoms with E-state index in [1.807, 2.05) is 11.3 Å². The fourth-order valence-corrected chi connectivity index (χ4v) is 3.14. The predicted molar refractivity (Wildman–Crippen MR) is 62.8 cm³/mol. The van der Waals surface area contributed by atoms with E-state index in [-0.39, 0.29) is 6.04 Å². The monoisotopic (exact) mass is 220 g/mol. The SMILES string of the molecule is CCC(C#N)NC1CCCc2sccc21. The second-order valence-electron chi connectivity index (χ2n) is 4.00. The lowest BCUT2D eigenvalue weighted by Gasteiger charge is -2.25. The van der Waals surface area contributed by atoms with Gasteiger partial charge in [0.1, 0.15) is 0 Å². The highest BCUT2D eigenvalue weighted by Crippen LogP contribution is 2.33. The van der Waals surface area contributed by atoms with Gasteiger partial charge in [0, 0.05) is 10.9 Å². The third kappa shape index (κ3) is 2.22. The molecule has 0 spiro atoms. The van der Waals surface area contributed by atoms with Gasteiger partial charge < -0.3 is 0 Å². The van der Waals surface area contributed by atoms with Crippen molar-refractivity contribution in [3.63, 3.8) is 0 Å². The summed E-state index contributed by atoms with van der Waals surface area (Å²) in [6, 6.07) is 4.93. The first-order chi connectivity index (χ1) is 7.35. The first-order valence-corrected chi connectivity index (χ1v) is 6.45. The number of hydrogen-bond donors (Lipinski definition) is 1. The van der Waals surface area contributed by atoms with Crippen molar-refractivity contribution in [2.75, 3.05) is 0 Å². The van der Waals surface area contributed by atoms with Crippen LogP contribution < -0.4 is 5.32 Å². The number of nitriles is 1. The molecule has 2 rings (SSSR count). The van der Waals surface area contributed by atoms with E-state index < -0.39 is 0 Å². The highest BCUT2D eigenvalue weighted by atomic mass is 32.1. The molecule has 2 atom stereocenters. The Hall–Kier alpha value is -0.850. The van der Waals surface area contributed by atoms with Crippen molar-refractivity contribution in [3.05, 3.63) is 21.9 Å². The summed E-state index contributed by atoms with van der Waals surface area (Å²) in [6.45, 7) is 2.05. The Labute approximate surface area is 94.9 Å². The molecule has 1 aromatic heterocycles. The maximum atomic E-state index is 8.95. The molecule has 1 aliphatic carbocycles. The summed E-state index contributed by atoms with van der Waals surface area (Å²) in [5.41, 5.74) is 1.43. The van der Waals surface area contributed by atoms with Crippen LogP contribution in [-0.4, -0.2) is 6.04 Å². The predicted octanol–water partition coefficient (Wildman–Crippen LogP) is 3.02. The Morgan fingerprint density at radius 3 is 3.33 bits per heavy atom. The van der Waals surface area contributed by atoms with Gasteiger partial charge in [-0.15, -0.1) is 11.3 Å². The van der Waals surface area contributed by atoms with Gasteiger partial charge in [0.2, 0.25) is 0 Å². The number of nitrogens with zero attached hydrogens (tertiary/aromatic N) is 1. The van der Waals surface area contributed by atoms with E-state index in [2.05, 4.69) is 29.8 Å². The van der Waals surface area contributed by atoms with Crippen molar-refractivity contribution in [1.82, 2.24) is 5.32 Å². The van der Waals surface area contributed by atoms with Crippen LogP contribution in [0.15, 0.2) is 11.4 Å². The van der Waals surface area contributed by atoms with Gasteiger partial charge in [-0.3, -0.25) is 5.32 Å². The van der Waals surface area contributed by atoms with Crippen LogP contribution >= 0.6 is 11.3 Å². The number of nitrogens with one attached hydrogen (secondary N) is 1. The Kier molecular flexibility index (Phi) is 3.40. The van der Waals surface area contributed by atoms with Crippen LogP contribution in [0.5, 0.6) is 0 Å². The molecule has 15 heavy (non-hydrogen) atoms. The van der Waals surface area contributed by atoms with Gasteiger partial charge in [-0.05, 0) is 42.7 Å². The van der Waals surface area contributed by atoms with Crippen molar-refractivity contribution in [2.24, 2.45) is 0 Å². The van der Waals surface area contributed by atoms with Crippen molar-refractivity contribution in [2.45, 2.75) is 44.7 Å². The number of thiophene rings is 1. The summed E-state index contributed by atoms with van der Waals surface area (Å²) in [7, 11) is 0. The van der Waals surface area contributed by atoms with Crippen LogP contribution in [0.1, 0.15) is 42.7 Å². The van der Waals surface area contributed by atoms with Crippen molar-refractivity contribution >= 4 is 11.3 Å². The minimum atomic E-state index is 0.000787. The normalized spacial score (nSPS) is 21.7. The number of hydrogen-bond acceptors (Lipinski definition) is 3. The molecule has 1 aliphatic rings. The molecule has 1 heterocycles. The molecule has 0 radical (unpaired) electrons. The van der Waals surface area contributed by atoms with Crippen LogP contribution in [0.3, 0.4) is 0 Å². The van der Waals surface area contributed by atoms with E-state index in [4.69, 9.17) is 5.26 Å². The summed E-state index contributed by atoms with van der Waals surface area (Å²) in [4.78, 5) is 1.51. The van der Waals surface area contributed by atoms with E-state index in [0.717, 1.165) is 6.42 Å². The topological polar surface area (TPSA) is 35.8 Å². The lowest BCUT2D eigenvalue weighted by atomic mass is 9.93. The summed E-state index contributed by atoms with van der Waals surface area (Å²) >= 11 is 1.85. The van der Waals surface area contributed by atoms with Gasteiger partial charge in [0.25, 0.3) is 0 Å². The van der Waals surface area contributed by atoms with Crippen molar-refractivity contribution in [1.29, 1.82) is 5.26 Å². The summed E-state index contributed by atoms with van der Waals surface area (Å²) in [5.74, 6) is 0. The molecular formula is C12H16N2S. The van der Waals surface area contributed by atoms with E-state index >= 15 is 0 Å². The molecule has 2 nitrogen and oxygen atoms in total. The van der Waals surface area contributed by atoms with Gasteiger partial charge in [-0.1, -0.05) is 6.92 Å². The lowest BCUT2D eigenvalue weighted by molar-refractivity contribution is 0.429. The van der Waals surface area contributed by atoms with Crippen LogP contribution in [0.2, 0.25) is 0 Å². The Morgan fingerprint density at radius 1 is 1.73 bits per heavy atom. The molecule has 1 N–H and O–H groups in total. The molecular weight excluding hydrogens is 204 g/mol. The molecule has 2 unspecified atom stereocenters. The van der Waals surface area contributed by atoms with Gasteiger partial charge in [-0.25, -0.2) is 0 Å². The van der Waals surface area contributed by atoms with Crippen LogP contribution in [0.4, 0.5) is 0 Å². The summed E-state index contributed by atoms with van der Waals surface area (Å²) < 4.78 is 0. The maximum Gasteiger partial charge on any atom is 0.0955 e. The first kappa shape index (κ1) is 10.7. The van der Waals surface area contributed by atoms with Crippen LogP contribution in [0.25, 0.3) is 0 Å². The molecule has 3 heteroatoms. The second-order valence-corrected chi connectivity index (χ2v) is 5.00. The van der Waals surface area contributed by atoms with Gasteiger partial charge in [-0.2, -0.15) is 5.26 Å². The minimum absolute atomic E-state index is 0.000787. The third-order valence-electron chi connectivity index (χ3n) is 3.02. The Bertz CT molecular complexity index is 364. The Morgan fingerprint density at radius 2 is 2.60 bits per heavy atom. The fraction of sp³-hybridized carbons (Fsp3) is 0.583. The lowest BCUT2D eigenvalue weighted by Crippen LogP contribution is -2.32. The third-order valence-corrected chi connectivity index (χ3v) is 4.01. The van der Waals surface area contributed by atoms with E-state index in [9.17, 15) is 0 Å². The van der Waals surface area contributed by atoms with Crippen LogP contribution in [0, 0.1) is 11.3 Å². The average molecular weight is 220 g/mol. The zero-order valence-corrected chi connectivity index (χ0v) is 9.81. The van der Waals surface area contributed by atoms with E-state index in [1.165, 1.54) is 29.7 Å².